The van der Waals surface area contributed by atoms with Gasteiger partial charge in [0.05, 0.1) is 17.6 Å². The Bertz CT molecular complexity index is 1280. The maximum atomic E-state index is 12.5. The number of hydrogen-bond acceptors (Lipinski definition) is 7. The van der Waals surface area contributed by atoms with Crippen molar-refractivity contribution in [2.45, 2.75) is 38.8 Å². The standard InChI is InChI=1S/C26H30N6O2/c1-16-3-9-20(11-16)32-15-19(8-10-24(32)34)22-14-30-26(28)25(31-22)23(33)12-21(27)18-6-4-17(5-7-18)13-29-2/h4-8,10,12,14-16,20,27,29,33H,3,9,11,13H2,1-2H3,(H2,28,30)/b23-12-,27-21?. The first-order valence-electron chi connectivity index (χ1n) is 11.4. The molecule has 34 heavy (non-hydrogen) atoms. The van der Waals surface area contributed by atoms with Gasteiger partial charge in [0.15, 0.2) is 5.82 Å². The zero-order valence-corrected chi connectivity index (χ0v) is 19.5. The number of anilines is 1. The van der Waals surface area contributed by atoms with Gasteiger partial charge in [-0.1, -0.05) is 31.2 Å². The fourth-order valence-electron chi connectivity index (χ4n) is 4.39. The van der Waals surface area contributed by atoms with Crippen LogP contribution in [0.3, 0.4) is 0 Å². The third-order valence-corrected chi connectivity index (χ3v) is 6.26. The van der Waals surface area contributed by atoms with E-state index in [0.717, 1.165) is 36.9 Å². The van der Waals surface area contributed by atoms with Crippen LogP contribution in [0.4, 0.5) is 5.82 Å². The number of benzene rings is 1. The molecule has 1 fully saturated rings. The third kappa shape index (κ3) is 5.07. The Kier molecular flexibility index (Phi) is 6.88. The third-order valence-electron chi connectivity index (χ3n) is 6.26. The van der Waals surface area contributed by atoms with Crippen LogP contribution in [-0.2, 0) is 6.54 Å². The second-order valence-electron chi connectivity index (χ2n) is 8.89. The van der Waals surface area contributed by atoms with Gasteiger partial charge in [0.2, 0.25) is 0 Å². The lowest BCUT2D eigenvalue weighted by Crippen LogP contribution is -2.22. The fourth-order valence-corrected chi connectivity index (χ4v) is 4.39. The van der Waals surface area contributed by atoms with Gasteiger partial charge in [0, 0.05) is 36.5 Å². The number of nitrogen functional groups attached to an aromatic ring is 1. The van der Waals surface area contributed by atoms with E-state index in [-0.39, 0.29) is 34.6 Å². The van der Waals surface area contributed by atoms with E-state index >= 15 is 0 Å². The molecule has 0 spiro atoms. The van der Waals surface area contributed by atoms with Gasteiger partial charge in [-0.3, -0.25) is 4.79 Å². The van der Waals surface area contributed by atoms with E-state index in [9.17, 15) is 9.90 Å². The Morgan fingerprint density at radius 1 is 1.26 bits per heavy atom. The van der Waals surface area contributed by atoms with Crippen LogP contribution >= 0.6 is 0 Å². The van der Waals surface area contributed by atoms with Gasteiger partial charge >= 0.3 is 0 Å². The summed E-state index contributed by atoms with van der Waals surface area (Å²) in [6, 6.07) is 10.9. The largest absolute Gasteiger partial charge is 0.505 e. The molecule has 1 aromatic carbocycles. The van der Waals surface area contributed by atoms with Crippen LogP contribution in [0.15, 0.2) is 59.7 Å². The molecule has 8 nitrogen and oxygen atoms in total. The maximum absolute atomic E-state index is 12.5. The summed E-state index contributed by atoms with van der Waals surface area (Å²) < 4.78 is 1.78. The molecule has 0 amide bonds. The first-order chi connectivity index (χ1) is 16.4. The van der Waals surface area contributed by atoms with Gasteiger partial charge in [-0.15, -0.1) is 0 Å². The van der Waals surface area contributed by atoms with Crippen molar-refractivity contribution in [1.29, 1.82) is 5.41 Å². The summed E-state index contributed by atoms with van der Waals surface area (Å²) in [6.45, 7) is 2.94. The van der Waals surface area contributed by atoms with Crippen LogP contribution in [0, 0.1) is 11.3 Å². The molecule has 8 heteroatoms. The molecule has 1 saturated carbocycles. The summed E-state index contributed by atoms with van der Waals surface area (Å²) in [7, 11) is 1.88. The quantitative estimate of drug-likeness (QED) is 0.313. The van der Waals surface area contributed by atoms with Gasteiger partial charge in [0.1, 0.15) is 11.5 Å². The number of nitrogens with zero attached hydrogens (tertiary/aromatic N) is 3. The molecule has 0 bridgehead atoms. The van der Waals surface area contributed by atoms with Gasteiger partial charge in [0.25, 0.3) is 5.56 Å². The van der Waals surface area contributed by atoms with Crippen molar-refractivity contribution < 1.29 is 5.11 Å². The van der Waals surface area contributed by atoms with E-state index in [4.69, 9.17) is 11.1 Å². The Labute approximate surface area is 198 Å². The molecule has 176 valence electrons. The SMILES string of the molecule is CNCc1ccc(C(=N)/C=C(\O)c2nc(-c3ccc(=O)n(C4CCC(C)C4)c3)cnc2N)cc1. The lowest BCUT2D eigenvalue weighted by atomic mass is 10.1. The van der Waals surface area contributed by atoms with Gasteiger partial charge < -0.3 is 26.1 Å². The summed E-state index contributed by atoms with van der Waals surface area (Å²) in [6.07, 6.45) is 7.71. The van der Waals surface area contributed by atoms with Crippen LogP contribution in [0.1, 0.15) is 49.0 Å². The highest BCUT2D eigenvalue weighted by atomic mass is 16.3. The summed E-state index contributed by atoms with van der Waals surface area (Å²) in [5.74, 6) is 0.419. The van der Waals surface area contributed by atoms with Crippen LogP contribution in [0.2, 0.25) is 0 Å². The maximum Gasteiger partial charge on any atom is 0.250 e. The highest BCUT2D eigenvalue weighted by Gasteiger charge is 2.23. The number of nitrogens with two attached hydrogens (primary N) is 1. The average Bonchev–Trinajstić information content (AvgIpc) is 3.26. The van der Waals surface area contributed by atoms with Crippen molar-refractivity contribution in [2.24, 2.45) is 5.92 Å². The second kappa shape index (κ2) is 10.0. The van der Waals surface area contributed by atoms with E-state index in [1.54, 1.807) is 16.7 Å². The van der Waals surface area contributed by atoms with Crippen molar-refractivity contribution in [3.8, 4) is 11.3 Å². The highest BCUT2D eigenvalue weighted by molar-refractivity contribution is 6.09. The Morgan fingerprint density at radius 2 is 2.03 bits per heavy atom. The summed E-state index contributed by atoms with van der Waals surface area (Å²) >= 11 is 0. The van der Waals surface area contributed by atoms with E-state index in [1.807, 2.05) is 37.5 Å². The van der Waals surface area contributed by atoms with Crippen LogP contribution in [0.25, 0.3) is 17.0 Å². The second-order valence-corrected chi connectivity index (χ2v) is 8.89. The number of allylic oxidation sites excluding steroid dienone is 1. The first-order valence-corrected chi connectivity index (χ1v) is 11.4. The molecule has 0 saturated heterocycles. The zero-order valence-electron chi connectivity index (χ0n) is 19.5. The topological polar surface area (TPSA) is 130 Å². The molecule has 1 aliphatic carbocycles. The van der Waals surface area contributed by atoms with E-state index in [0.29, 0.717) is 17.2 Å². The minimum absolute atomic E-state index is 0.0385. The predicted molar refractivity (Wildman–Crippen MR) is 135 cm³/mol. The molecule has 5 N–H and O–H groups in total. The van der Waals surface area contributed by atoms with E-state index < -0.39 is 0 Å². The molecule has 2 unspecified atom stereocenters. The summed E-state index contributed by atoms with van der Waals surface area (Å²) in [4.78, 5) is 21.2. The minimum Gasteiger partial charge on any atom is -0.505 e. The lowest BCUT2D eigenvalue weighted by molar-refractivity contribution is 0.481. The number of aromatic nitrogens is 3. The molecular weight excluding hydrogens is 428 g/mol. The van der Waals surface area contributed by atoms with Crippen LogP contribution in [-0.4, -0.2) is 32.4 Å². The van der Waals surface area contributed by atoms with E-state index in [2.05, 4.69) is 22.2 Å². The zero-order chi connectivity index (χ0) is 24.2. The molecule has 4 rings (SSSR count). The fraction of sp³-hybridized carbons (Fsp3) is 0.308. The first kappa shape index (κ1) is 23.4. The van der Waals surface area contributed by atoms with Crippen molar-refractivity contribution in [2.75, 3.05) is 12.8 Å². The molecule has 3 aromatic rings. The van der Waals surface area contributed by atoms with Gasteiger partial charge in [-0.25, -0.2) is 9.97 Å². The molecule has 2 atom stereocenters. The predicted octanol–water partition coefficient (Wildman–Crippen LogP) is 3.93. The molecule has 1 aliphatic rings. The normalized spacial score (nSPS) is 18.2. The molecule has 2 heterocycles. The summed E-state index contributed by atoms with van der Waals surface area (Å²) in [5.41, 5.74) is 9.16. The Morgan fingerprint density at radius 3 is 2.71 bits per heavy atom. The van der Waals surface area contributed by atoms with Crippen LogP contribution < -0.4 is 16.6 Å². The van der Waals surface area contributed by atoms with E-state index in [1.165, 1.54) is 12.3 Å². The number of aliphatic hydroxyl groups is 1. The number of aliphatic hydroxyl groups excluding tert-OH is 1. The molecule has 0 aliphatic heterocycles. The number of hydrogen-bond donors (Lipinski definition) is 4. The smallest absolute Gasteiger partial charge is 0.250 e. The van der Waals surface area contributed by atoms with Crippen molar-refractivity contribution >= 4 is 17.3 Å². The molecule has 2 aromatic heterocycles. The van der Waals surface area contributed by atoms with Crippen molar-refractivity contribution in [3.05, 3.63) is 82.0 Å². The summed E-state index contributed by atoms with van der Waals surface area (Å²) in [5, 5.41) is 22.2. The van der Waals surface area contributed by atoms with Crippen molar-refractivity contribution in [3.63, 3.8) is 0 Å². The lowest BCUT2D eigenvalue weighted by Gasteiger charge is -2.15. The van der Waals surface area contributed by atoms with Gasteiger partial charge in [-0.05, 0) is 49.4 Å². The Balaban J connectivity index is 1.62. The monoisotopic (exact) mass is 458 g/mol. The van der Waals surface area contributed by atoms with Gasteiger partial charge in [-0.2, -0.15) is 0 Å². The highest BCUT2D eigenvalue weighted by Crippen LogP contribution is 2.34. The minimum atomic E-state index is -0.242. The van der Waals surface area contributed by atoms with Crippen molar-refractivity contribution in [1.82, 2.24) is 19.9 Å². The number of rotatable bonds is 7. The average molecular weight is 459 g/mol. The molecule has 0 radical (unpaired) electrons. The Hall–Kier alpha value is -3.78. The van der Waals surface area contributed by atoms with Crippen LogP contribution in [0.5, 0.6) is 0 Å². The number of pyridine rings is 1. The molecular formula is C26H30N6O2. The number of nitrogens with one attached hydrogen (secondary N) is 2.